The molecule has 1 aromatic carbocycles. The second-order valence-corrected chi connectivity index (χ2v) is 7.50. The number of nitrogens with zero attached hydrogens (tertiary/aromatic N) is 2. The van der Waals surface area contributed by atoms with E-state index in [0.717, 1.165) is 5.69 Å². The van der Waals surface area contributed by atoms with Gasteiger partial charge in [0.1, 0.15) is 0 Å². The molecule has 0 saturated carbocycles. The van der Waals surface area contributed by atoms with Crippen LogP contribution in [0.5, 0.6) is 0 Å². The summed E-state index contributed by atoms with van der Waals surface area (Å²) in [5, 5.41) is 10.9. The predicted octanol–water partition coefficient (Wildman–Crippen LogP) is 3.02. The summed E-state index contributed by atoms with van der Waals surface area (Å²) < 4.78 is 8.38. The molecule has 3 atom stereocenters. The molecule has 4 heteroatoms. The maximum atomic E-state index is 10.9. The van der Waals surface area contributed by atoms with E-state index in [1.54, 1.807) is 0 Å². The number of hydrogen-bond donors (Lipinski definition) is 1. The van der Waals surface area contributed by atoms with Crippen molar-refractivity contribution in [2.75, 3.05) is 0 Å². The molecule has 1 N–H and O–H groups in total. The Morgan fingerprint density at radius 2 is 1.86 bits per heavy atom. The van der Waals surface area contributed by atoms with Crippen molar-refractivity contribution >= 4 is 0 Å². The maximum absolute atomic E-state index is 10.9. The smallest absolute Gasteiger partial charge is 0.0956 e. The number of rotatable bonds is 1. The highest BCUT2D eigenvalue weighted by Crippen LogP contribution is 2.53. The predicted molar refractivity (Wildman–Crippen MR) is 84.5 cm³/mol. The number of ether oxygens (including phenoxy) is 1. The Morgan fingerprint density at radius 3 is 2.55 bits per heavy atom. The minimum Gasteiger partial charge on any atom is -0.390 e. The average Bonchev–Trinajstić information content (AvgIpc) is 3.04. The largest absolute Gasteiger partial charge is 0.390 e. The van der Waals surface area contributed by atoms with Gasteiger partial charge in [-0.05, 0) is 33.3 Å². The Balaban J connectivity index is 1.90. The summed E-state index contributed by atoms with van der Waals surface area (Å²) in [7, 11) is 0. The fraction of sp³-hybridized carbons (Fsp3) is 0.500. The van der Waals surface area contributed by atoms with Crippen molar-refractivity contribution in [1.29, 1.82) is 0 Å². The van der Waals surface area contributed by atoms with Crippen LogP contribution in [0.2, 0.25) is 0 Å². The molecule has 0 spiro atoms. The van der Waals surface area contributed by atoms with Crippen molar-refractivity contribution in [3.8, 4) is 11.3 Å². The normalized spacial score (nSPS) is 31.0. The van der Waals surface area contributed by atoms with Crippen LogP contribution in [0, 0.1) is 5.92 Å². The van der Waals surface area contributed by atoms with Gasteiger partial charge >= 0.3 is 0 Å². The lowest BCUT2D eigenvalue weighted by molar-refractivity contribution is -0.0915. The lowest BCUT2D eigenvalue weighted by Gasteiger charge is -2.33. The van der Waals surface area contributed by atoms with E-state index >= 15 is 0 Å². The van der Waals surface area contributed by atoms with Gasteiger partial charge in [0.15, 0.2) is 0 Å². The molecule has 0 radical (unpaired) electrons. The van der Waals surface area contributed by atoms with E-state index in [4.69, 9.17) is 4.74 Å². The molecule has 1 saturated heterocycles. The summed E-state index contributed by atoms with van der Waals surface area (Å²) in [4.78, 5) is 4.31. The summed E-state index contributed by atoms with van der Waals surface area (Å²) in [6, 6.07) is 8.45. The van der Waals surface area contributed by atoms with Gasteiger partial charge in [-0.1, -0.05) is 24.3 Å². The third-order valence-electron chi connectivity index (χ3n) is 5.24. The SMILES string of the molecule is CC1(C)OC(C)(C)[C@H](O)[C@@H]1[C@@H]1c2ccccc2-c2cncn21. The van der Waals surface area contributed by atoms with Crippen molar-refractivity contribution in [3.05, 3.63) is 42.4 Å². The minimum atomic E-state index is -0.549. The van der Waals surface area contributed by atoms with Gasteiger partial charge in [0.2, 0.25) is 0 Å². The van der Waals surface area contributed by atoms with Crippen LogP contribution >= 0.6 is 0 Å². The summed E-state index contributed by atoms with van der Waals surface area (Å²) in [5.41, 5.74) is 2.61. The second kappa shape index (κ2) is 4.21. The first kappa shape index (κ1) is 14.0. The molecular weight excluding hydrogens is 276 g/mol. The zero-order valence-corrected chi connectivity index (χ0v) is 13.4. The molecule has 22 heavy (non-hydrogen) atoms. The number of benzene rings is 1. The minimum absolute atomic E-state index is 0.0286. The van der Waals surface area contributed by atoms with Crippen LogP contribution in [-0.4, -0.2) is 32.0 Å². The Labute approximate surface area is 130 Å². The molecule has 4 nitrogen and oxygen atoms in total. The van der Waals surface area contributed by atoms with E-state index in [2.05, 4.69) is 47.7 Å². The van der Waals surface area contributed by atoms with E-state index in [-0.39, 0.29) is 12.0 Å². The van der Waals surface area contributed by atoms with E-state index < -0.39 is 17.3 Å². The first-order valence-corrected chi connectivity index (χ1v) is 7.82. The fourth-order valence-electron chi connectivity index (χ4n) is 4.41. The summed E-state index contributed by atoms with van der Waals surface area (Å²) in [5.74, 6) is -0.0286. The Kier molecular flexibility index (Phi) is 2.67. The highest BCUT2D eigenvalue weighted by atomic mass is 16.5. The topological polar surface area (TPSA) is 47.3 Å². The molecule has 0 amide bonds. The van der Waals surface area contributed by atoms with E-state index in [1.807, 2.05) is 26.4 Å². The zero-order valence-electron chi connectivity index (χ0n) is 13.4. The first-order chi connectivity index (χ1) is 10.3. The standard InChI is InChI=1S/C18H22N2O2/c1-17(2)14(16(21)18(3,4)22-17)15-12-8-6-5-7-11(12)13-9-19-10-20(13)15/h5-10,14-16,21H,1-4H3/t14-,15-,16+/m0/s1. The number of aliphatic hydroxyl groups is 1. The zero-order chi connectivity index (χ0) is 15.7. The van der Waals surface area contributed by atoms with Crippen molar-refractivity contribution in [3.63, 3.8) is 0 Å². The van der Waals surface area contributed by atoms with Crippen LogP contribution in [-0.2, 0) is 4.74 Å². The van der Waals surface area contributed by atoms with Gasteiger partial charge in [0.25, 0.3) is 0 Å². The molecule has 1 aromatic heterocycles. The molecule has 2 aromatic rings. The third kappa shape index (κ3) is 1.68. The van der Waals surface area contributed by atoms with Gasteiger partial charge in [-0.15, -0.1) is 0 Å². The third-order valence-corrected chi connectivity index (χ3v) is 5.24. The monoisotopic (exact) mass is 298 g/mol. The van der Waals surface area contributed by atoms with Crippen LogP contribution in [0.1, 0.15) is 39.3 Å². The summed E-state index contributed by atoms with van der Waals surface area (Å²) >= 11 is 0. The second-order valence-electron chi connectivity index (χ2n) is 7.50. The fourth-order valence-corrected chi connectivity index (χ4v) is 4.41. The lowest BCUT2D eigenvalue weighted by Crippen LogP contribution is -2.40. The van der Waals surface area contributed by atoms with Gasteiger partial charge in [0, 0.05) is 11.5 Å². The van der Waals surface area contributed by atoms with Crippen LogP contribution in [0.25, 0.3) is 11.3 Å². The van der Waals surface area contributed by atoms with Crippen molar-refractivity contribution in [1.82, 2.24) is 9.55 Å². The number of imidazole rings is 1. The van der Waals surface area contributed by atoms with Crippen LogP contribution < -0.4 is 0 Å². The Bertz CT molecular complexity index is 732. The van der Waals surface area contributed by atoms with Crippen LogP contribution in [0.3, 0.4) is 0 Å². The highest BCUT2D eigenvalue weighted by Gasteiger charge is 2.58. The number of aliphatic hydroxyl groups excluding tert-OH is 1. The quantitative estimate of drug-likeness (QED) is 0.880. The summed E-state index contributed by atoms with van der Waals surface area (Å²) in [6.07, 6.45) is 3.24. The number of hydrogen-bond acceptors (Lipinski definition) is 3. The molecule has 1 fully saturated rings. The number of aromatic nitrogens is 2. The van der Waals surface area contributed by atoms with E-state index in [9.17, 15) is 5.11 Å². The van der Waals surface area contributed by atoms with Crippen molar-refractivity contribution in [2.45, 2.75) is 51.0 Å². The molecule has 2 aliphatic heterocycles. The molecule has 0 unspecified atom stereocenters. The Morgan fingerprint density at radius 1 is 1.14 bits per heavy atom. The van der Waals surface area contributed by atoms with Gasteiger partial charge in [0.05, 0.1) is 41.6 Å². The molecule has 4 rings (SSSR count). The lowest BCUT2D eigenvalue weighted by atomic mass is 9.77. The van der Waals surface area contributed by atoms with Gasteiger partial charge < -0.3 is 14.4 Å². The highest BCUT2D eigenvalue weighted by molar-refractivity contribution is 5.69. The van der Waals surface area contributed by atoms with Crippen molar-refractivity contribution < 1.29 is 9.84 Å². The molecule has 2 aliphatic rings. The van der Waals surface area contributed by atoms with Gasteiger partial charge in [-0.3, -0.25) is 0 Å². The van der Waals surface area contributed by atoms with E-state index in [0.29, 0.717) is 0 Å². The van der Waals surface area contributed by atoms with Crippen LogP contribution in [0.15, 0.2) is 36.8 Å². The first-order valence-electron chi connectivity index (χ1n) is 7.82. The van der Waals surface area contributed by atoms with E-state index in [1.165, 1.54) is 11.1 Å². The summed E-state index contributed by atoms with van der Waals surface area (Å²) in [6.45, 7) is 8.09. The van der Waals surface area contributed by atoms with Crippen molar-refractivity contribution in [2.24, 2.45) is 5.92 Å². The number of fused-ring (bicyclic) bond motifs is 3. The average molecular weight is 298 g/mol. The van der Waals surface area contributed by atoms with Gasteiger partial charge in [-0.25, -0.2) is 4.98 Å². The van der Waals surface area contributed by atoms with Gasteiger partial charge in [-0.2, -0.15) is 0 Å². The Hall–Kier alpha value is -1.65. The molecular formula is C18H22N2O2. The molecule has 0 aliphatic carbocycles. The van der Waals surface area contributed by atoms with Crippen LogP contribution in [0.4, 0.5) is 0 Å². The molecule has 3 heterocycles. The maximum Gasteiger partial charge on any atom is 0.0956 e. The molecule has 0 bridgehead atoms. The molecule has 116 valence electrons.